The van der Waals surface area contributed by atoms with Crippen molar-refractivity contribution in [3.05, 3.63) is 23.2 Å². The van der Waals surface area contributed by atoms with Gasteiger partial charge in [0.05, 0.1) is 18.7 Å². The minimum atomic E-state index is -0.344. The summed E-state index contributed by atoms with van der Waals surface area (Å²) in [7, 11) is 1.53. The van der Waals surface area contributed by atoms with Crippen molar-refractivity contribution in [1.29, 1.82) is 0 Å². The fourth-order valence-corrected chi connectivity index (χ4v) is 2.59. The van der Waals surface area contributed by atoms with Gasteiger partial charge in [0.25, 0.3) is 0 Å². The zero-order valence-electron chi connectivity index (χ0n) is 12.4. The Bertz CT molecular complexity index is 560. The summed E-state index contributed by atoms with van der Waals surface area (Å²) < 4.78 is 5.19. The van der Waals surface area contributed by atoms with E-state index in [1.54, 1.807) is 23.1 Å². The summed E-state index contributed by atoms with van der Waals surface area (Å²) in [5, 5.41) is 3.31. The monoisotopic (exact) mass is 310 g/mol. The number of amides is 2. The predicted molar refractivity (Wildman–Crippen MR) is 81.6 cm³/mol. The number of methoxy groups -OCH3 is 1. The minimum absolute atomic E-state index is 0.0169. The topological polar surface area (TPSA) is 58.6 Å². The second kappa shape index (κ2) is 6.35. The second-order valence-corrected chi connectivity index (χ2v) is 5.81. The Morgan fingerprint density at radius 2 is 2.19 bits per heavy atom. The number of nitrogens with zero attached hydrogens (tertiary/aromatic N) is 1. The molecule has 1 heterocycles. The highest BCUT2D eigenvalue weighted by Crippen LogP contribution is 2.29. The molecule has 1 aliphatic rings. The quantitative estimate of drug-likeness (QED) is 0.929. The van der Waals surface area contributed by atoms with E-state index < -0.39 is 0 Å². The van der Waals surface area contributed by atoms with Gasteiger partial charge in [-0.15, -0.1) is 0 Å². The van der Waals surface area contributed by atoms with Crippen molar-refractivity contribution in [2.45, 2.75) is 26.3 Å². The molecular weight excluding hydrogens is 292 g/mol. The van der Waals surface area contributed by atoms with Crippen LogP contribution in [-0.4, -0.2) is 36.4 Å². The molecule has 1 aromatic carbocycles. The zero-order chi connectivity index (χ0) is 15.6. The maximum Gasteiger partial charge on any atom is 0.229 e. The molecule has 21 heavy (non-hydrogen) atoms. The van der Waals surface area contributed by atoms with Crippen LogP contribution in [0.15, 0.2) is 18.2 Å². The van der Waals surface area contributed by atoms with E-state index in [1.807, 2.05) is 13.8 Å². The molecule has 0 aliphatic carbocycles. The summed E-state index contributed by atoms with van der Waals surface area (Å²) in [6.07, 6.45) is 0.243. The Morgan fingerprint density at radius 1 is 1.48 bits per heavy atom. The highest BCUT2D eigenvalue weighted by molar-refractivity contribution is 6.31. The molecule has 1 saturated heterocycles. The molecule has 1 fully saturated rings. The second-order valence-electron chi connectivity index (χ2n) is 5.37. The molecule has 1 aliphatic heterocycles. The molecule has 2 rings (SSSR count). The van der Waals surface area contributed by atoms with E-state index >= 15 is 0 Å². The predicted octanol–water partition coefficient (Wildman–Crippen LogP) is 2.54. The van der Waals surface area contributed by atoms with E-state index in [-0.39, 0.29) is 30.2 Å². The van der Waals surface area contributed by atoms with Crippen molar-refractivity contribution in [2.75, 3.05) is 19.0 Å². The van der Waals surface area contributed by atoms with E-state index in [9.17, 15) is 9.59 Å². The average Bonchev–Trinajstić information content (AvgIpc) is 2.81. The highest BCUT2D eigenvalue weighted by Gasteiger charge is 2.35. The molecule has 6 heteroatoms. The molecule has 1 atom stereocenters. The number of benzene rings is 1. The van der Waals surface area contributed by atoms with Gasteiger partial charge < -0.3 is 15.0 Å². The lowest BCUT2D eigenvalue weighted by atomic mass is 10.1. The van der Waals surface area contributed by atoms with Crippen LogP contribution in [0.3, 0.4) is 0 Å². The van der Waals surface area contributed by atoms with Crippen molar-refractivity contribution < 1.29 is 14.3 Å². The zero-order valence-corrected chi connectivity index (χ0v) is 13.1. The molecule has 2 amide bonds. The SMILES string of the molecule is COc1ccc(Cl)cc1NC(=O)[C@@H]1CC(=O)N(C(C)C)C1. The number of nitrogens with one attached hydrogen (secondary N) is 1. The van der Waals surface area contributed by atoms with Crippen LogP contribution in [0.1, 0.15) is 20.3 Å². The number of carbonyl (C=O) groups is 2. The van der Waals surface area contributed by atoms with Crippen LogP contribution in [0.4, 0.5) is 5.69 Å². The van der Waals surface area contributed by atoms with Crippen LogP contribution in [0, 0.1) is 5.92 Å². The van der Waals surface area contributed by atoms with Crippen LogP contribution in [0.5, 0.6) is 5.75 Å². The Balaban J connectivity index is 2.09. The summed E-state index contributed by atoms with van der Waals surface area (Å²) in [5.41, 5.74) is 0.519. The fourth-order valence-electron chi connectivity index (χ4n) is 2.42. The number of rotatable bonds is 4. The standard InChI is InChI=1S/C15H19ClN2O3/c1-9(2)18-8-10(6-14(18)19)15(20)17-12-7-11(16)4-5-13(12)21-3/h4-5,7,9-10H,6,8H2,1-3H3,(H,17,20)/t10-/m1/s1. The fraction of sp³-hybridized carbons (Fsp3) is 0.467. The van der Waals surface area contributed by atoms with Crippen molar-refractivity contribution in [1.82, 2.24) is 4.90 Å². The van der Waals surface area contributed by atoms with Crippen LogP contribution in [0.25, 0.3) is 0 Å². The third-order valence-electron chi connectivity index (χ3n) is 3.57. The van der Waals surface area contributed by atoms with Gasteiger partial charge in [0.15, 0.2) is 0 Å². The number of ether oxygens (including phenoxy) is 1. The molecule has 0 spiro atoms. The van der Waals surface area contributed by atoms with E-state index in [0.29, 0.717) is 23.0 Å². The lowest BCUT2D eigenvalue weighted by Crippen LogP contribution is -2.33. The first-order valence-electron chi connectivity index (χ1n) is 6.86. The largest absolute Gasteiger partial charge is 0.495 e. The molecule has 0 bridgehead atoms. The van der Waals surface area contributed by atoms with Crippen LogP contribution in [0.2, 0.25) is 5.02 Å². The molecule has 0 saturated carbocycles. The third-order valence-corrected chi connectivity index (χ3v) is 3.81. The van der Waals surface area contributed by atoms with Crippen LogP contribution in [-0.2, 0) is 9.59 Å². The summed E-state index contributed by atoms with van der Waals surface area (Å²) >= 11 is 5.94. The number of likely N-dealkylation sites (tertiary alicyclic amines) is 1. The van der Waals surface area contributed by atoms with Gasteiger partial charge in [-0.2, -0.15) is 0 Å². The summed E-state index contributed by atoms with van der Waals surface area (Å²) in [5.74, 6) is 0.0247. The van der Waals surface area contributed by atoms with Crippen molar-refractivity contribution >= 4 is 29.1 Å². The smallest absolute Gasteiger partial charge is 0.229 e. The first-order valence-corrected chi connectivity index (χ1v) is 7.24. The number of hydrogen-bond acceptors (Lipinski definition) is 3. The van der Waals surface area contributed by atoms with Crippen molar-refractivity contribution in [2.24, 2.45) is 5.92 Å². The number of hydrogen-bond donors (Lipinski definition) is 1. The molecule has 1 N–H and O–H groups in total. The summed E-state index contributed by atoms with van der Waals surface area (Å²) in [4.78, 5) is 25.9. The lowest BCUT2D eigenvalue weighted by Gasteiger charge is -2.20. The summed E-state index contributed by atoms with van der Waals surface area (Å²) in [6, 6.07) is 5.12. The first kappa shape index (κ1) is 15.6. The molecule has 5 nitrogen and oxygen atoms in total. The maximum absolute atomic E-state index is 12.3. The Kier molecular flexibility index (Phi) is 4.73. The van der Waals surface area contributed by atoms with Gasteiger partial charge in [-0.25, -0.2) is 0 Å². The van der Waals surface area contributed by atoms with Crippen LogP contribution < -0.4 is 10.1 Å². The summed E-state index contributed by atoms with van der Waals surface area (Å²) in [6.45, 7) is 4.33. The Labute approximate surface area is 129 Å². The van der Waals surface area contributed by atoms with Crippen molar-refractivity contribution in [3.8, 4) is 5.75 Å². The minimum Gasteiger partial charge on any atom is -0.495 e. The first-order chi connectivity index (χ1) is 9.92. The van der Waals surface area contributed by atoms with E-state index in [0.717, 1.165) is 0 Å². The van der Waals surface area contributed by atoms with Gasteiger partial charge in [-0.05, 0) is 32.0 Å². The van der Waals surface area contributed by atoms with E-state index in [4.69, 9.17) is 16.3 Å². The Hall–Kier alpha value is -1.75. The van der Waals surface area contributed by atoms with Crippen molar-refractivity contribution in [3.63, 3.8) is 0 Å². The number of carbonyl (C=O) groups excluding carboxylic acids is 2. The van der Waals surface area contributed by atoms with Gasteiger partial charge >= 0.3 is 0 Å². The van der Waals surface area contributed by atoms with Gasteiger partial charge in [0.2, 0.25) is 11.8 Å². The Morgan fingerprint density at radius 3 is 2.76 bits per heavy atom. The number of anilines is 1. The normalized spacial score (nSPS) is 18.2. The molecule has 0 aromatic heterocycles. The third kappa shape index (κ3) is 3.47. The van der Waals surface area contributed by atoms with E-state index in [1.165, 1.54) is 7.11 Å². The lowest BCUT2D eigenvalue weighted by molar-refractivity contribution is -0.129. The number of halogens is 1. The molecule has 0 radical (unpaired) electrons. The van der Waals surface area contributed by atoms with Crippen LogP contribution >= 0.6 is 11.6 Å². The van der Waals surface area contributed by atoms with Gasteiger partial charge in [0, 0.05) is 24.0 Å². The molecule has 114 valence electrons. The maximum atomic E-state index is 12.3. The van der Waals surface area contributed by atoms with E-state index in [2.05, 4.69) is 5.32 Å². The van der Waals surface area contributed by atoms with Gasteiger partial charge in [0.1, 0.15) is 5.75 Å². The van der Waals surface area contributed by atoms with Gasteiger partial charge in [-0.1, -0.05) is 11.6 Å². The molecular formula is C15H19ClN2O3. The van der Waals surface area contributed by atoms with Gasteiger partial charge in [-0.3, -0.25) is 9.59 Å². The highest BCUT2D eigenvalue weighted by atomic mass is 35.5. The molecule has 0 unspecified atom stereocenters. The molecule has 1 aromatic rings. The average molecular weight is 311 g/mol.